The van der Waals surface area contributed by atoms with Crippen LogP contribution in [-0.2, 0) is 0 Å². The molecule has 0 aliphatic carbocycles. The summed E-state index contributed by atoms with van der Waals surface area (Å²) in [6, 6.07) is 2.82. The Morgan fingerprint density at radius 1 is 1.31 bits per heavy atom. The number of phenolic OH excluding ortho intramolecular Hbond substituents is 2. The zero-order valence-electron chi connectivity index (χ0n) is 6.64. The van der Waals surface area contributed by atoms with Gasteiger partial charge in [-0.3, -0.25) is 0 Å². The number of phenols is 2. The number of benzene rings is 1. The highest BCUT2D eigenvalue weighted by Gasteiger charge is 2.09. The number of nitrogens with zero attached hydrogens (tertiary/aromatic N) is 1. The summed E-state index contributed by atoms with van der Waals surface area (Å²) in [5, 5.41) is 18.6. The third-order valence-corrected chi connectivity index (χ3v) is 1.47. The van der Waals surface area contributed by atoms with E-state index in [9.17, 15) is 4.79 Å². The number of aromatic hydroxyl groups is 2. The number of anilines is 1. The van der Waals surface area contributed by atoms with E-state index in [2.05, 4.69) is 0 Å². The summed E-state index contributed by atoms with van der Waals surface area (Å²) in [7, 11) is 0. The van der Waals surface area contributed by atoms with Crippen LogP contribution < -0.4 is 16.6 Å². The number of nitrogens with two attached hydrogens (primary N) is 2. The molecule has 0 unspecified atom stereocenters. The lowest BCUT2D eigenvalue weighted by molar-refractivity contribution is 0.254. The Kier molecular flexibility index (Phi) is 2.25. The monoisotopic (exact) mass is 183 g/mol. The summed E-state index contributed by atoms with van der Waals surface area (Å²) in [6.45, 7) is 0. The molecule has 6 heteroatoms. The minimum Gasteiger partial charge on any atom is -0.504 e. The smallest absolute Gasteiger partial charge is 0.333 e. The molecule has 0 radical (unpaired) electrons. The van der Waals surface area contributed by atoms with Crippen LogP contribution in [0.2, 0.25) is 0 Å². The van der Waals surface area contributed by atoms with E-state index >= 15 is 0 Å². The van der Waals surface area contributed by atoms with Crippen LogP contribution in [0.5, 0.6) is 11.5 Å². The number of amides is 2. The van der Waals surface area contributed by atoms with Crippen molar-refractivity contribution >= 4 is 11.7 Å². The second-order valence-corrected chi connectivity index (χ2v) is 2.38. The van der Waals surface area contributed by atoms with Crippen molar-refractivity contribution in [1.29, 1.82) is 0 Å². The molecule has 0 spiro atoms. The maximum absolute atomic E-state index is 10.6. The fourth-order valence-corrected chi connectivity index (χ4v) is 0.789. The van der Waals surface area contributed by atoms with Crippen molar-refractivity contribution in [2.24, 2.45) is 11.6 Å². The lowest BCUT2D eigenvalue weighted by Crippen LogP contribution is -2.41. The average Bonchev–Trinajstić information content (AvgIpc) is 2.08. The van der Waals surface area contributed by atoms with Gasteiger partial charge in [0, 0.05) is 6.07 Å². The third kappa shape index (κ3) is 1.79. The predicted molar refractivity (Wildman–Crippen MR) is 46.0 cm³/mol. The van der Waals surface area contributed by atoms with Crippen molar-refractivity contribution in [3.05, 3.63) is 18.2 Å². The molecule has 2 amide bonds. The lowest BCUT2D eigenvalue weighted by Gasteiger charge is -2.13. The zero-order valence-corrected chi connectivity index (χ0v) is 6.64. The molecule has 6 N–H and O–H groups in total. The summed E-state index contributed by atoms with van der Waals surface area (Å²) in [6.07, 6.45) is 0. The molecule has 0 saturated heterocycles. The van der Waals surface area contributed by atoms with E-state index in [1.807, 2.05) is 0 Å². The summed E-state index contributed by atoms with van der Waals surface area (Å²) < 4.78 is 0. The minimum absolute atomic E-state index is 0.197. The van der Waals surface area contributed by atoms with Gasteiger partial charge in [-0.05, 0) is 12.1 Å². The summed E-state index contributed by atoms with van der Waals surface area (Å²) in [5.41, 5.74) is 5.07. The van der Waals surface area contributed by atoms with Crippen LogP contribution in [0.15, 0.2) is 18.2 Å². The highest BCUT2D eigenvalue weighted by Crippen LogP contribution is 2.28. The first-order valence-electron chi connectivity index (χ1n) is 3.38. The van der Waals surface area contributed by atoms with Crippen molar-refractivity contribution in [2.75, 3.05) is 5.01 Å². The van der Waals surface area contributed by atoms with Crippen molar-refractivity contribution < 1.29 is 15.0 Å². The average molecular weight is 183 g/mol. The standard InChI is InChI=1S/C7H9N3O3/c8-7(13)10(9)4-1-2-5(11)6(12)3-4/h1-3,11-12H,9H2,(H2,8,13). The van der Waals surface area contributed by atoms with Gasteiger partial charge in [-0.2, -0.15) is 0 Å². The third-order valence-electron chi connectivity index (χ3n) is 1.47. The molecule has 0 heterocycles. The maximum atomic E-state index is 10.6. The number of carbonyl (C=O) groups is 1. The molecule has 0 aliphatic heterocycles. The molecular weight excluding hydrogens is 174 g/mol. The van der Waals surface area contributed by atoms with Gasteiger partial charge in [0.05, 0.1) is 5.69 Å². The van der Waals surface area contributed by atoms with Crippen LogP contribution >= 0.6 is 0 Å². The Bertz CT molecular complexity index is 340. The molecule has 1 rings (SSSR count). The van der Waals surface area contributed by atoms with Gasteiger partial charge >= 0.3 is 6.03 Å². The fraction of sp³-hybridized carbons (Fsp3) is 0. The number of urea groups is 1. The van der Waals surface area contributed by atoms with Crippen molar-refractivity contribution in [2.45, 2.75) is 0 Å². The van der Waals surface area contributed by atoms with Gasteiger partial charge in [0.25, 0.3) is 0 Å². The number of primary amides is 1. The summed E-state index contributed by atoms with van der Waals surface area (Å²) >= 11 is 0. The fourth-order valence-electron chi connectivity index (χ4n) is 0.789. The molecule has 0 saturated carbocycles. The van der Waals surface area contributed by atoms with Crippen molar-refractivity contribution in [3.63, 3.8) is 0 Å². The Morgan fingerprint density at radius 3 is 2.38 bits per heavy atom. The number of hydrazine groups is 1. The van der Waals surface area contributed by atoms with Gasteiger partial charge in [-0.25, -0.2) is 15.6 Å². The second kappa shape index (κ2) is 3.20. The van der Waals surface area contributed by atoms with E-state index in [4.69, 9.17) is 21.8 Å². The first kappa shape index (κ1) is 9.14. The van der Waals surface area contributed by atoms with Gasteiger partial charge in [0.2, 0.25) is 0 Å². The highest BCUT2D eigenvalue weighted by molar-refractivity contribution is 5.89. The second-order valence-electron chi connectivity index (χ2n) is 2.38. The van der Waals surface area contributed by atoms with E-state index in [1.165, 1.54) is 12.1 Å². The Labute approximate surface area is 74.0 Å². The van der Waals surface area contributed by atoms with Gasteiger partial charge in [0.1, 0.15) is 0 Å². The zero-order chi connectivity index (χ0) is 10.0. The van der Waals surface area contributed by atoms with Gasteiger partial charge in [-0.1, -0.05) is 0 Å². The quantitative estimate of drug-likeness (QED) is 0.210. The first-order chi connectivity index (χ1) is 6.02. The number of rotatable bonds is 1. The molecule has 1 aromatic rings. The molecule has 0 atom stereocenters. The van der Waals surface area contributed by atoms with Crippen LogP contribution in [-0.4, -0.2) is 16.2 Å². The topological polar surface area (TPSA) is 113 Å². The molecule has 1 aromatic carbocycles. The molecule has 0 fully saturated rings. The molecule has 0 aliphatic rings. The molecule has 0 bridgehead atoms. The number of hydrogen-bond donors (Lipinski definition) is 4. The Hall–Kier alpha value is -1.95. The van der Waals surface area contributed by atoms with E-state index in [0.29, 0.717) is 5.01 Å². The molecule has 6 nitrogen and oxygen atoms in total. The van der Waals surface area contributed by atoms with E-state index in [-0.39, 0.29) is 17.2 Å². The van der Waals surface area contributed by atoms with Crippen LogP contribution in [0, 0.1) is 0 Å². The predicted octanol–water partition coefficient (Wildman–Crippen LogP) is -0.143. The number of hydrogen-bond acceptors (Lipinski definition) is 4. The molecule has 13 heavy (non-hydrogen) atoms. The highest BCUT2D eigenvalue weighted by atomic mass is 16.3. The van der Waals surface area contributed by atoms with Gasteiger partial charge in [0.15, 0.2) is 11.5 Å². The van der Waals surface area contributed by atoms with Crippen LogP contribution in [0.4, 0.5) is 10.5 Å². The lowest BCUT2D eigenvalue weighted by atomic mass is 10.3. The Morgan fingerprint density at radius 2 is 1.92 bits per heavy atom. The molecule has 70 valence electrons. The van der Waals surface area contributed by atoms with E-state index in [0.717, 1.165) is 6.07 Å². The van der Waals surface area contributed by atoms with Crippen LogP contribution in [0.25, 0.3) is 0 Å². The SMILES string of the molecule is NC(=O)N(N)c1ccc(O)c(O)c1. The van der Waals surface area contributed by atoms with Crippen molar-refractivity contribution in [1.82, 2.24) is 0 Å². The van der Waals surface area contributed by atoms with E-state index in [1.54, 1.807) is 0 Å². The van der Waals surface area contributed by atoms with Gasteiger partial charge < -0.3 is 15.9 Å². The van der Waals surface area contributed by atoms with Gasteiger partial charge in [-0.15, -0.1) is 0 Å². The van der Waals surface area contributed by atoms with E-state index < -0.39 is 6.03 Å². The Balaban J connectivity index is 3.03. The molecular formula is C7H9N3O3. The first-order valence-corrected chi connectivity index (χ1v) is 3.38. The number of carbonyl (C=O) groups excluding carboxylic acids is 1. The summed E-state index contributed by atoms with van der Waals surface area (Å²) in [5.74, 6) is 4.57. The maximum Gasteiger partial charge on any atom is 0.333 e. The largest absolute Gasteiger partial charge is 0.504 e. The molecule has 0 aromatic heterocycles. The normalized spacial score (nSPS) is 9.62. The minimum atomic E-state index is -0.856. The summed E-state index contributed by atoms with van der Waals surface area (Å²) in [4.78, 5) is 10.6. The van der Waals surface area contributed by atoms with Crippen LogP contribution in [0.3, 0.4) is 0 Å². The van der Waals surface area contributed by atoms with Crippen molar-refractivity contribution in [3.8, 4) is 11.5 Å². The van der Waals surface area contributed by atoms with Crippen LogP contribution in [0.1, 0.15) is 0 Å².